The number of esters is 1. The third-order valence-electron chi connectivity index (χ3n) is 5.63. The Morgan fingerprint density at radius 2 is 1.38 bits per heavy atom. The maximum absolute atomic E-state index is 12.4. The molecule has 1 unspecified atom stereocenters. The molecule has 0 saturated heterocycles. The summed E-state index contributed by atoms with van der Waals surface area (Å²) in [6.45, 7) is 4.55. The van der Waals surface area contributed by atoms with E-state index in [-0.39, 0.29) is 0 Å². The Morgan fingerprint density at radius 1 is 0.775 bits per heavy atom. The summed E-state index contributed by atoms with van der Waals surface area (Å²) in [7, 11) is 0. The Bertz CT molecular complexity index is 1400. The quantitative estimate of drug-likeness (QED) is 0.106. The van der Waals surface area contributed by atoms with Crippen molar-refractivity contribution in [2.24, 2.45) is 5.10 Å². The van der Waals surface area contributed by atoms with E-state index < -0.39 is 18.0 Å². The minimum absolute atomic E-state index is 0.388. The molecule has 0 aliphatic carbocycles. The highest BCUT2D eigenvalue weighted by Gasteiger charge is 2.14. The zero-order valence-corrected chi connectivity index (χ0v) is 22.3. The predicted octanol–water partition coefficient (Wildman–Crippen LogP) is 5.80. The fraction of sp³-hybridized carbons (Fsp3) is 0.156. The van der Waals surface area contributed by atoms with Crippen molar-refractivity contribution >= 4 is 18.1 Å². The van der Waals surface area contributed by atoms with Crippen LogP contribution in [0, 0.1) is 0 Å². The molecule has 204 valence electrons. The van der Waals surface area contributed by atoms with E-state index in [2.05, 4.69) is 10.5 Å². The third-order valence-corrected chi connectivity index (χ3v) is 5.63. The molecule has 0 radical (unpaired) electrons. The Kier molecular flexibility index (Phi) is 9.88. The second-order valence-electron chi connectivity index (χ2n) is 8.66. The highest BCUT2D eigenvalue weighted by Crippen LogP contribution is 2.20. The summed E-state index contributed by atoms with van der Waals surface area (Å²) in [5.41, 5.74) is 4.67. The zero-order chi connectivity index (χ0) is 28.2. The van der Waals surface area contributed by atoms with Crippen molar-refractivity contribution in [3.05, 3.63) is 120 Å². The van der Waals surface area contributed by atoms with E-state index in [0.29, 0.717) is 47.3 Å². The fourth-order valence-electron chi connectivity index (χ4n) is 3.52. The number of nitrogens with zero attached hydrogens (tertiary/aromatic N) is 1. The van der Waals surface area contributed by atoms with Crippen LogP contribution in [0.15, 0.2) is 108 Å². The van der Waals surface area contributed by atoms with Gasteiger partial charge in [0.2, 0.25) is 0 Å². The minimum atomic E-state index is -0.766. The van der Waals surface area contributed by atoms with Crippen molar-refractivity contribution in [3.8, 4) is 23.0 Å². The van der Waals surface area contributed by atoms with E-state index in [4.69, 9.17) is 18.9 Å². The van der Waals surface area contributed by atoms with Gasteiger partial charge in [-0.15, -0.1) is 0 Å². The predicted molar refractivity (Wildman–Crippen MR) is 152 cm³/mol. The standard InChI is InChI=1S/C32H30N2O6/c1-3-37-27-15-11-26(12-16-27)32(36)40-30-13-9-24(10-14-30)21-33-34-31(35)23(2)39-29-19-17-28(18-20-29)38-22-25-7-5-4-6-8-25/h4-21,23H,3,22H2,1-2H3,(H,34,35). The summed E-state index contributed by atoms with van der Waals surface area (Å²) in [6.07, 6.45) is 0.722. The molecule has 0 saturated carbocycles. The Hall–Kier alpha value is -5.11. The van der Waals surface area contributed by atoms with Crippen LogP contribution in [-0.4, -0.2) is 30.8 Å². The highest BCUT2D eigenvalue weighted by molar-refractivity contribution is 5.91. The first-order valence-corrected chi connectivity index (χ1v) is 12.8. The van der Waals surface area contributed by atoms with Crippen LogP contribution < -0.4 is 24.4 Å². The van der Waals surface area contributed by atoms with E-state index in [9.17, 15) is 9.59 Å². The third kappa shape index (κ3) is 8.46. The largest absolute Gasteiger partial charge is 0.494 e. The molecule has 0 fully saturated rings. The summed E-state index contributed by atoms with van der Waals surface area (Å²) in [4.78, 5) is 24.7. The average molecular weight is 539 g/mol. The second-order valence-corrected chi connectivity index (χ2v) is 8.66. The van der Waals surface area contributed by atoms with Crippen molar-refractivity contribution in [2.75, 3.05) is 6.61 Å². The molecule has 0 spiro atoms. The van der Waals surface area contributed by atoms with Gasteiger partial charge >= 0.3 is 5.97 Å². The number of hydrogen-bond donors (Lipinski definition) is 1. The molecule has 4 aromatic carbocycles. The molecular weight excluding hydrogens is 508 g/mol. The lowest BCUT2D eigenvalue weighted by molar-refractivity contribution is -0.127. The van der Waals surface area contributed by atoms with Crippen LogP contribution in [0.25, 0.3) is 0 Å². The van der Waals surface area contributed by atoms with Crippen LogP contribution in [0.2, 0.25) is 0 Å². The lowest BCUT2D eigenvalue weighted by Gasteiger charge is -2.13. The topological polar surface area (TPSA) is 95.5 Å². The maximum atomic E-state index is 12.4. The molecule has 1 N–H and O–H groups in total. The molecular formula is C32H30N2O6. The first kappa shape index (κ1) is 27.9. The smallest absolute Gasteiger partial charge is 0.343 e. The molecule has 40 heavy (non-hydrogen) atoms. The van der Waals surface area contributed by atoms with Crippen LogP contribution >= 0.6 is 0 Å². The summed E-state index contributed by atoms with van der Waals surface area (Å²) in [5.74, 6) is 1.44. The molecule has 0 aromatic heterocycles. The Labute approximate surface area is 233 Å². The minimum Gasteiger partial charge on any atom is -0.494 e. The number of amides is 1. The van der Waals surface area contributed by atoms with Gasteiger partial charge in [-0.1, -0.05) is 30.3 Å². The van der Waals surface area contributed by atoms with Crippen molar-refractivity contribution in [1.29, 1.82) is 0 Å². The van der Waals surface area contributed by atoms with Crippen molar-refractivity contribution in [2.45, 2.75) is 26.6 Å². The normalized spacial score (nSPS) is 11.4. The number of rotatable bonds is 12. The van der Waals surface area contributed by atoms with Crippen LogP contribution in [0.5, 0.6) is 23.0 Å². The van der Waals surface area contributed by atoms with E-state index in [1.54, 1.807) is 79.7 Å². The van der Waals surface area contributed by atoms with E-state index >= 15 is 0 Å². The van der Waals surface area contributed by atoms with E-state index in [0.717, 1.165) is 5.56 Å². The van der Waals surface area contributed by atoms with Crippen molar-refractivity contribution in [3.63, 3.8) is 0 Å². The van der Waals surface area contributed by atoms with E-state index in [1.165, 1.54) is 6.21 Å². The molecule has 0 aliphatic heterocycles. The van der Waals surface area contributed by atoms with Crippen LogP contribution in [0.4, 0.5) is 0 Å². The number of ether oxygens (including phenoxy) is 4. The second kappa shape index (κ2) is 14.2. The van der Waals surface area contributed by atoms with Gasteiger partial charge in [0.1, 0.15) is 29.6 Å². The Balaban J connectivity index is 1.20. The van der Waals surface area contributed by atoms with Gasteiger partial charge in [0.05, 0.1) is 18.4 Å². The van der Waals surface area contributed by atoms with Gasteiger partial charge in [0.25, 0.3) is 5.91 Å². The average Bonchev–Trinajstić information content (AvgIpc) is 2.98. The molecule has 0 heterocycles. The van der Waals surface area contributed by atoms with Gasteiger partial charge in [-0.3, -0.25) is 4.79 Å². The number of hydrazone groups is 1. The van der Waals surface area contributed by atoms with Crippen LogP contribution in [0.3, 0.4) is 0 Å². The van der Waals surface area contributed by atoms with Gasteiger partial charge < -0.3 is 18.9 Å². The number of hydrogen-bond acceptors (Lipinski definition) is 7. The van der Waals surface area contributed by atoms with Gasteiger partial charge in [0, 0.05) is 0 Å². The van der Waals surface area contributed by atoms with Gasteiger partial charge in [-0.05, 0) is 97.8 Å². The molecule has 4 aromatic rings. The van der Waals surface area contributed by atoms with E-state index in [1.807, 2.05) is 37.3 Å². The van der Waals surface area contributed by atoms with Crippen LogP contribution in [-0.2, 0) is 11.4 Å². The molecule has 8 nitrogen and oxygen atoms in total. The van der Waals surface area contributed by atoms with Gasteiger partial charge in [0.15, 0.2) is 6.10 Å². The number of carbonyl (C=O) groups is 2. The first-order valence-electron chi connectivity index (χ1n) is 12.8. The van der Waals surface area contributed by atoms with Crippen LogP contribution in [0.1, 0.15) is 35.3 Å². The molecule has 1 amide bonds. The van der Waals surface area contributed by atoms with Gasteiger partial charge in [-0.25, -0.2) is 10.2 Å². The summed E-state index contributed by atoms with van der Waals surface area (Å²) >= 11 is 0. The lowest BCUT2D eigenvalue weighted by atomic mass is 10.2. The number of nitrogens with one attached hydrogen (secondary N) is 1. The molecule has 8 heteroatoms. The van der Waals surface area contributed by atoms with Gasteiger partial charge in [-0.2, -0.15) is 5.10 Å². The molecule has 4 rings (SSSR count). The van der Waals surface area contributed by atoms with Crippen molar-refractivity contribution < 1.29 is 28.5 Å². The molecule has 0 bridgehead atoms. The monoisotopic (exact) mass is 538 g/mol. The lowest BCUT2D eigenvalue weighted by Crippen LogP contribution is -2.33. The summed E-state index contributed by atoms with van der Waals surface area (Å²) in [5, 5.41) is 3.99. The highest BCUT2D eigenvalue weighted by atomic mass is 16.5. The Morgan fingerprint density at radius 3 is 2.05 bits per heavy atom. The first-order chi connectivity index (χ1) is 19.5. The van der Waals surface area contributed by atoms with Crippen molar-refractivity contribution in [1.82, 2.24) is 5.43 Å². The SMILES string of the molecule is CCOc1ccc(C(=O)Oc2ccc(C=NNC(=O)C(C)Oc3ccc(OCc4ccccc4)cc3)cc2)cc1. The summed E-state index contributed by atoms with van der Waals surface area (Å²) < 4.78 is 22.3. The molecule has 1 atom stereocenters. The zero-order valence-electron chi connectivity index (χ0n) is 22.3. The fourth-order valence-corrected chi connectivity index (χ4v) is 3.52. The molecule has 0 aliphatic rings. The number of carbonyl (C=O) groups excluding carboxylic acids is 2. The number of benzene rings is 4. The maximum Gasteiger partial charge on any atom is 0.343 e. The summed E-state index contributed by atoms with van der Waals surface area (Å²) in [6, 6.07) is 30.4.